The summed E-state index contributed by atoms with van der Waals surface area (Å²) in [5.74, 6) is 0.907. The van der Waals surface area contributed by atoms with E-state index in [1.807, 2.05) is 6.07 Å². The monoisotopic (exact) mass is 508 g/mol. The molecule has 0 saturated carbocycles. The molecule has 39 heavy (non-hydrogen) atoms. The summed E-state index contributed by atoms with van der Waals surface area (Å²) in [4.78, 5) is 0. The number of aryl methyl sites for hydroxylation is 3. The van der Waals surface area contributed by atoms with Crippen molar-refractivity contribution in [3.05, 3.63) is 155 Å². The lowest BCUT2D eigenvalue weighted by Gasteiger charge is -2.18. The minimum Gasteiger partial charge on any atom is -0.489 e. The molecule has 0 fully saturated rings. The standard InChI is InChI=1S/C38H36O/c1-5-30(26-39-37-8-6-7-29(4)25-37)38(35-21-17-33(18-22-35)31-13-9-27(2)10-14-31)36-23-19-34(20-24-36)32-15-11-28(3)12-16-32/h6-25H,5,26H2,1-4H3. The molecule has 0 atom stereocenters. The second-order valence-electron chi connectivity index (χ2n) is 10.3. The molecule has 0 radical (unpaired) electrons. The van der Waals surface area contributed by atoms with E-state index in [2.05, 4.69) is 143 Å². The van der Waals surface area contributed by atoms with Crippen LogP contribution >= 0.6 is 0 Å². The van der Waals surface area contributed by atoms with Gasteiger partial charge in [-0.15, -0.1) is 0 Å². The third kappa shape index (κ3) is 6.38. The molecule has 0 N–H and O–H groups in total. The Morgan fingerprint density at radius 3 is 1.36 bits per heavy atom. The molecule has 5 aromatic carbocycles. The second-order valence-corrected chi connectivity index (χ2v) is 10.3. The first-order chi connectivity index (χ1) is 19.0. The normalized spacial score (nSPS) is 10.8. The Hall–Kier alpha value is -4.36. The number of ether oxygens (including phenoxy) is 1. The SMILES string of the molecule is CCC(COc1cccc(C)c1)=C(c1ccc(-c2ccc(C)cc2)cc1)c1ccc(-c2ccc(C)cc2)cc1. The van der Waals surface area contributed by atoms with E-state index in [0.29, 0.717) is 6.61 Å². The Labute approximate surface area is 233 Å². The van der Waals surface area contributed by atoms with Gasteiger partial charge in [-0.25, -0.2) is 0 Å². The van der Waals surface area contributed by atoms with Crippen LogP contribution in [0.1, 0.15) is 41.2 Å². The van der Waals surface area contributed by atoms with Crippen molar-refractivity contribution >= 4 is 5.57 Å². The van der Waals surface area contributed by atoms with Crippen LogP contribution in [0.15, 0.2) is 127 Å². The Morgan fingerprint density at radius 2 is 0.949 bits per heavy atom. The molecule has 0 amide bonds. The van der Waals surface area contributed by atoms with Crippen LogP contribution in [-0.4, -0.2) is 6.61 Å². The van der Waals surface area contributed by atoms with Crippen LogP contribution in [0.25, 0.3) is 27.8 Å². The maximum atomic E-state index is 6.31. The summed E-state index contributed by atoms with van der Waals surface area (Å²) in [5, 5.41) is 0. The van der Waals surface area contributed by atoms with Crippen LogP contribution in [0.5, 0.6) is 5.75 Å². The summed E-state index contributed by atoms with van der Waals surface area (Å²) < 4.78 is 6.31. The lowest BCUT2D eigenvalue weighted by Crippen LogP contribution is -2.05. The molecule has 0 unspecified atom stereocenters. The summed E-state index contributed by atoms with van der Waals surface area (Å²) in [5.41, 5.74) is 13.6. The fraction of sp³-hybridized carbons (Fsp3) is 0.158. The van der Waals surface area contributed by atoms with E-state index < -0.39 is 0 Å². The Bertz CT molecular complexity index is 1460. The van der Waals surface area contributed by atoms with E-state index in [-0.39, 0.29) is 0 Å². The predicted molar refractivity (Wildman–Crippen MR) is 166 cm³/mol. The molecule has 0 aliphatic carbocycles. The summed E-state index contributed by atoms with van der Waals surface area (Å²) in [7, 11) is 0. The third-order valence-electron chi connectivity index (χ3n) is 7.30. The number of hydrogen-bond donors (Lipinski definition) is 0. The Morgan fingerprint density at radius 1 is 0.513 bits per heavy atom. The van der Waals surface area contributed by atoms with Crippen LogP contribution in [0, 0.1) is 20.8 Å². The molecule has 0 aliphatic rings. The Balaban J connectivity index is 1.52. The van der Waals surface area contributed by atoms with Gasteiger partial charge in [-0.2, -0.15) is 0 Å². The molecule has 0 saturated heterocycles. The van der Waals surface area contributed by atoms with Gasteiger partial charge in [0.25, 0.3) is 0 Å². The van der Waals surface area contributed by atoms with E-state index in [0.717, 1.165) is 12.2 Å². The van der Waals surface area contributed by atoms with Crippen molar-refractivity contribution in [2.75, 3.05) is 6.61 Å². The second kappa shape index (κ2) is 12.0. The molecule has 5 aromatic rings. The third-order valence-corrected chi connectivity index (χ3v) is 7.30. The summed E-state index contributed by atoms with van der Waals surface area (Å²) >= 11 is 0. The smallest absolute Gasteiger partial charge is 0.120 e. The van der Waals surface area contributed by atoms with Gasteiger partial charge >= 0.3 is 0 Å². The predicted octanol–water partition coefficient (Wildman–Crippen LogP) is 10.2. The highest BCUT2D eigenvalue weighted by Crippen LogP contribution is 2.33. The van der Waals surface area contributed by atoms with Crippen molar-refractivity contribution in [1.29, 1.82) is 0 Å². The topological polar surface area (TPSA) is 9.23 Å². The summed E-state index contributed by atoms with van der Waals surface area (Å²) in [6.45, 7) is 9.11. The lowest BCUT2D eigenvalue weighted by atomic mass is 9.90. The molecular weight excluding hydrogens is 472 g/mol. The zero-order chi connectivity index (χ0) is 27.2. The molecule has 194 valence electrons. The van der Waals surface area contributed by atoms with E-state index >= 15 is 0 Å². The van der Waals surface area contributed by atoms with Gasteiger partial charge in [-0.1, -0.05) is 127 Å². The molecule has 0 heterocycles. The minimum atomic E-state index is 0.550. The van der Waals surface area contributed by atoms with Gasteiger partial charge in [0.1, 0.15) is 12.4 Å². The van der Waals surface area contributed by atoms with E-state index in [1.54, 1.807) is 0 Å². The van der Waals surface area contributed by atoms with Gasteiger partial charge in [-0.05, 0) is 89.4 Å². The quantitative estimate of drug-likeness (QED) is 0.203. The first-order valence-electron chi connectivity index (χ1n) is 13.8. The number of benzene rings is 5. The fourth-order valence-electron chi connectivity index (χ4n) is 4.95. The average Bonchev–Trinajstić information content (AvgIpc) is 2.96. The van der Waals surface area contributed by atoms with Crippen molar-refractivity contribution in [1.82, 2.24) is 0 Å². The molecule has 0 bridgehead atoms. The average molecular weight is 509 g/mol. The first-order valence-corrected chi connectivity index (χ1v) is 13.8. The van der Waals surface area contributed by atoms with Crippen molar-refractivity contribution in [2.24, 2.45) is 0 Å². The molecular formula is C38H36O. The largest absolute Gasteiger partial charge is 0.489 e. The van der Waals surface area contributed by atoms with Crippen LogP contribution in [-0.2, 0) is 0 Å². The number of rotatable bonds is 8. The van der Waals surface area contributed by atoms with Crippen LogP contribution < -0.4 is 4.74 Å². The summed E-state index contributed by atoms with van der Waals surface area (Å²) in [6, 6.07) is 43.7. The zero-order valence-electron chi connectivity index (χ0n) is 23.4. The van der Waals surface area contributed by atoms with Gasteiger partial charge in [0.05, 0.1) is 0 Å². The van der Waals surface area contributed by atoms with Crippen LogP contribution in [0.2, 0.25) is 0 Å². The minimum absolute atomic E-state index is 0.550. The van der Waals surface area contributed by atoms with Crippen molar-refractivity contribution in [3.63, 3.8) is 0 Å². The first kappa shape index (κ1) is 26.3. The van der Waals surface area contributed by atoms with Gasteiger partial charge in [-0.3, -0.25) is 0 Å². The van der Waals surface area contributed by atoms with Crippen molar-refractivity contribution < 1.29 is 4.74 Å². The van der Waals surface area contributed by atoms with E-state index in [1.165, 1.54) is 61.2 Å². The lowest BCUT2D eigenvalue weighted by molar-refractivity contribution is 0.349. The molecule has 1 heteroatoms. The molecule has 0 spiro atoms. The molecule has 0 aromatic heterocycles. The van der Waals surface area contributed by atoms with Gasteiger partial charge in [0.15, 0.2) is 0 Å². The Kier molecular flexibility index (Phi) is 8.08. The van der Waals surface area contributed by atoms with Gasteiger partial charge in [0.2, 0.25) is 0 Å². The molecule has 5 rings (SSSR count). The highest BCUT2D eigenvalue weighted by Gasteiger charge is 2.13. The highest BCUT2D eigenvalue weighted by molar-refractivity contribution is 5.84. The fourth-order valence-corrected chi connectivity index (χ4v) is 4.95. The molecule has 1 nitrogen and oxygen atoms in total. The summed E-state index contributed by atoms with van der Waals surface area (Å²) in [6.07, 6.45) is 0.903. The highest BCUT2D eigenvalue weighted by atomic mass is 16.5. The van der Waals surface area contributed by atoms with Crippen LogP contribution in [0.4, 0.5) is 0 Å². The van der Waals surface area contributed by atoms with E-state index in [4.69, 9.17) is 4.74 Å². The van der Waals surface area contributed by atoms with Crippen molar-refractivity contribution in [3.8, 4) is 28.0 Å². The van der Waals surface area contributed by atoms with Crippen LogP contribution in [0.3, 0.4) is 0 Å². The maximum absolute atomic E-state index is 6.31. The number of hydrogen-bond acceptors (Lipinski definition) is 1. The van der Waals surface area contributed by atoms with Gasteiger partial charge < -0.3 is 4.74 Å². The zero-order valence-corrected chi connectivity index (χ0v) is 23.4. The maximum Gasteiger partial charge on any atom is 0.120 e. The molecule has 0 aliphatic heterocycles. The van der Waals surface area contributed by atoms with E-state index in [9.17, 15) is 0 Å². The van der Waals surface area contributed by atoms with Gasteiger partial charge in [0, 0.05) is 0 Å². The van der Waals surface area contributed by atoms with Crippen molar-refractivity contribution in [2.45, 2.75) is 34.1 Å².